The molecule has 0 radical (unpaired) electrons. The predicted molar refractivity (Wildman–Crippen MR) is 84.5 cm³/mol. The number of thioether (sulfide) groups is 2. The molecule has 0 bridgehead atoms. The highest BCUT2D eigenvalue weighted by Gasteiger charge is 2.37. The van der Waals surface area contributed by atoms with Gasteiger partial charge in [0.05, 0.1) is 5.54 Å². The lowest BCUT2D eigenvalue weighted by atomic mass is 9.93. The van der Waals surface area contributed by atoms with Gasteiger partial charge in [-0.2, -0.15) is 0 Å². The minimum atomic E-state index is 0.129. The monoisotopic (exact) mass is 294 g/mol. The molecule has 102 valence electrons. The summed E-state index contributed by atoms with van der Waals surface area (Å²) in [5.41, 5.74) is 1.25. The smallest absolute Gasteiger partial charge is 0.161 e. The maximum absolute atomic E-state index is 5.43. The van der Waals surface area contributed by atoms with E-state index in [-0.39, 0.29) is 5.54 Å². The molecular formula is C14H18N2OS2. The van der Waals surface area contributed by atoms with Crippen molar-refractivity contribution in [2.75, 3.05) is 30.5 Å². The molecule has 2 heterocycles. The van der Waals surface area contributed by atoms with Crippen molar-refractivity contribution in [1.29, 1.82) is 0 Å². The van der Waals surface area contributed by atoms with Crippen molar-refractivity contribution in [1.82, 2.24) is 0 Å². The van der Waals surface area contributed by atoms with E-state index in [0.717, 1.165) is 42.7 Å². The van der Waals surface area contributed by atoms with Gasteiger partial charge in [0.1, 0.15) is 0 Å². The number of ether oxygens (including phenoxy) is 1. The van der Waals surface area contributed by atoms with Crippen molar-refractivity contribution in [3.63, 3.8) is 0 Å². The lowest BCUT2D eigenvalue weighted by Gasteiger charge is -2.29. The second-order valence-corrected chi connectivity index (χ2v) is 6.74. The van der Waals surface area contributed by atoms with Crippen LogP contribution in [0.3, 0.4) is 0 Å². The first-order valence-electron chi connectivity index (χ1n) is 6.51. The Bertz CT molecular complexity index is 467. The van der Waals surface area contributed by atoms with Crippen molar-refractivity contribution >= 4 is 34.4 Å². The van der Waals surface area contributed by atoms with Crippen molar-refractivity contribution in [2.45, 2.75) is 23.3 Å². The number of hydrogen-bond acceptors (Lipinski definition) is 5. The minimum absolute atomic E-state index is 0.129. The third-order valence-corrected chi connectivity index (χ3v) is 5.47. The number of rotatable bonds is 2. The lowest BCUT2D eigenvalue weighted by Crippen LogP contribution is -2.34. The van der Waals surface area contributed by atoms with Gasteiger partial charge in [0.25, 0.3) is 0 Å². The van der Waals surface area contributed by atoms with E-state index in [0.29, 0.717) is 0 Å². The van der Waals surface area contributed by atoms with E-state index >= 15 is 0 Å². The number of aliphatic imine (C=N–C) groups is 1. The van der Waals surface area contributed by atoms with E-state index in [1.54, 1.807) is 11.8 Å². The molecule has 1 saturated heterocycles. The SMILES string of the molecule is CSc1ccc(NC2=NC3(CCOCC3)CS2)cc1. The molecule has 0 aliphatic carbocycles. The molecule has 1 aromatic rings. The fourth-order valence-corrected chi connectivity index (χ4v) is 3.97. The molecule has 1 spiro atoms. The average Bonchev–Trinajstić information content (AvgIpc) is 2.83. The molecule has 0 unspecified atom stereocenters. The zero-order valence-electron chi connectivity index (χ0n) is 11.0. The van der Waals surface area contributed by atoms with Gasteiger partial charge >= 0.3 is 0 Å². The molecule has 2 aliphatic rings. The molecule has 1 N–H and O–H groups in total. The first-order chi connectivity index (χ1) is 9.30. The molecular weight excluding hydrogens is 276 g/mol. The van der Waals surface area contributed by atoms with Crippen LogP contribution < -0.4 is 5.32 Å². The van der Waals surface area contributed by atoms with Crippen LogP contribution in [0.1, 0.15) is 12.8 Å². The molecule has 19 heavy (non-hydrogen) atoms. The van der Waals surface area contributed by atoms with Gasteiger partial charge in [-0.25, -0.2) is 0 Å². The van der Waals surface area contributed by atoms with Gasteiger partial charge in [-0.15, -0.1) is 11.8 Å². The first kappa shape index (κ1) is 13.3. The molecule has 1 fully saturated rings. The molecule has 3 rings (SSSR count). The van der Waals surface area contributed by atoms with Crippen LogP contribution in [0, 0.1) is 0 Å². The van der Waals surface area contributed by atoms with Crippen LogP contribution in [-0.2, 0) is 4.74 Å². The van der Waals surface area contributed by atoms with Gasteiger partial charge in [0, 0.05) is 29.5 Å². The van der Waals surface area contributed by atoms with Gasteiger partial charge in [-0.1, -0.05) is 11.8 Å². The highest BCUT2D eigenvalue weighted by molar-refractivity contribution is 8.14. The van der Waals surface area contributed by atoms with Crippen LogP contribution >= 0.6 is 23.5 Å². The van der Waals surface area contributed by atoms with Crippen LogP contribution in [0.4, 0.5) is 5.69 Å². The van der Waals surface area contributed by atoms with Crippen LogP contribution in [0.2, 0.25) is 0 Å². The zero-order valence-corrected chi connectivity index (χ0v) is 12.6. The molecule has 2 aliphatic heterocycles. The summed E-state index contributed by atoms with van der Waals surface area (Å²) in [4.78, 5) is 6.18. The Morgan fingerprint density at radius 2 is 2.00 bits per heavy atom. The molecule has 0 saturated carbocycles. The van der Waals surface area contributed by atoms with E-state index in [9.17, 15) is 0 Å². The van der Waals surface area contributed by atoms with E-state index in [1.165, 1.54) is 4.90 Å². The standard InChI is InChI=1S/C14H18N2OS2/c1-18-12-4-2-11(3-5-12)15-13-16-14(10-19-13)6-8-17-9-7-14/h2-5H,6-10H2,1H3,(H,15,16). The third kappa shape index (κ3) is 3.09. The van der Waals surface area contributed by atoms with Gasteiger partial charge in [0.2, 0.25) is 0 Å². The van der Waals surface area contributed by atoms with Gasteiger partial charge in [0.15, 0.2) is 5.17 Å². The van der Waals surface area contributed by atoms with Crippen molar-refractivity contribution in [2.24, 2.45) is 4.99 Å². The molecule has 0 atom stereocenters. The number of benzene rings is 1. The summed E-state index contributed by atoms with van der Waals surface area (Å²) in [7, 11) is 0. The number of anilines is 1. The first-order valence-corrected chi connectivity index (χ1v) is 8.72. The van der Waals surface area contributed by atoms with E-state index < -0.39 is 0 Å². The topological polar surface area (TPSA) is 33.6 Å². The van der Waals surface area contributed by atoms with Gasteiger partial charge in [-0.3, -0.25) is 4.99 Å². The minimum Gasteiger partial charge on any atom is -0.381 e. The zero-order chi connectivity index (χ0) is 13.1. The summed E-state index contributed by atoms with van der Waals surface area (Å²) in [6, 6.07) is 8.50. The van der Waals surface area contributed by atoms with Gasteiger partial charge < -0.3 is 10.1 Å². The van der Waals surface area contributed by atoms with Crippen molar-refractivity contribution < 1.29 is 4.74 Å². The second kappa shape index (κ2) is 5.77. The summed E-state index contributed by atoms with van der Waals surface area (Å²) in [5, 5.41) is 4.48. The quantitative estimate of drug-likeness (QED) is 0.847. The fourth-order valence-electron chi connectivity index (χ4n) is 2.35. The Balaban J connectivity index is 1.67. The molecule has 1 aromatic carbocycles. The van der Waals surface area contributed by atoms with Crippen LogP contribution in [-0.4, -0.2) is 35.9 Å². The Hall–Kier alpha value is -0.650. The largest absolute Gasteiger partial charge is 0.381 e. The second-order valence-electron chi connectivity index (χ2n) is 4.90. The summed E-state index contributed by atoms with van der Waals surface area (Å²) in [6.07, 6.45) is 4.20. The number of nitrogens with zero attached hydrogens (tertiary/aromatic N) is 1. The molecule has 3 nitrogen and oxygen atoms in total. The lowest BCUT2D eigenvalue weighted by molar-refractivity contribution is 0.0624. The molecule has 0 aromatic heterocycles. The van der Waals surface area contributed by atoms with Crippen molar-refractivity contribution in [3.05, 3.63) is 24.3 Å². The maximum atomic E-state index is 5.43. The Kier molecular flexibility index (Phi) is 4.05. The number of nitrogens with one attached hydrogen (secondary N) is 1. The molecule has 0 amide bonds. The maximum Gasteiger partial charge on any atom is 0.161 e. The summed E-state index contributed by atoms with van der Waals surface area (Å²) >= 11 is 3.59. The Morgan fingerprint density at radius 1 is 1.26 bits per heavy atom. The average molecular weight is 294 g/mol. The highest BCUT2D eigenvalue weighted by Crippen LogP contribution is 2.36. The molecule has 5 heteroatoms. The van der Waals surface area contributed by atoms with E-state index in [2.05, 4.69) is 35.8 Å². The Labute approximate surface area is 122 Å². The van der Waals surface area contributed by atoms with Crippen LogP contribution in [0.5, 0.6) is 0 Å². The van der Waals surface area contributed by atoms with E-state index in [1.807, 2.05) is 11.8 Å². The summed E-state index contributed by atoms with van der Waals surface area (Å²) < 4.78 is 5.43. The predicted octanol–water partition coefficient (Wildman–Crippen LogP) is 3.47. The Morgan fingerprint density at radius 3 is 2.68 bits per heavy atom. The summed E-state index contributed by atoms with van der Waals surface area (Å²) in [5.74, 6) is 1.08. The van der Waals surface area contributed by atoms with Crippen molar-refractivity contribution in [3.8, 4) is 0 Å². The van der Waals surface area contributed by atoms with Gasteiger partial charge in [-0.05, 0) is 43.4 Å². The summed E-state index contributed by atoms with van der Waals surface area (Å²) in [6.45, 7) is 1.69. The fraction of sp³-hybridized carbons (Fsp3) is 0.500. The van der Waals surface area contributed by atoms with E-state index in [4.69, 9.17) is 9.73 Å². The number of hydrogen-bond donors (Lipinski definition) is 1. The highest BCUT2D eigenvalue weighted by atomic mass is 32.2. The van der Waals surface area contributed by atoms with Crippen LogP contribution in [0.15, 0.2) is 34.2 Å². The van der Waals surface area contributed by atoms with Crippen LogP contribution in [0.25, 0.3) is 0 Å². The number of amidine groups is 1. The third-order valence-electron chi connectivity index (χ3n) is 3.58. The normalized spacial score (nSPS) is 21.4.